The lowest BCUT2D eigenvalue weighted by atomic mass is 9.92. The molecular weight excluding hydrogens is 514 g/mol. The van der Waals surface area contributed by atoms with Gasteiger partial charge in [0.2, 0.25) is 5.95 Å². The van der Waals surface area contributed by atoms with Crippen molar-refractivity contribution in [2.45, 2.75) is 58.5 Å². The van der Waals surface area contributed by atoms with Gasteiger partial charge >= 0.3 is 0 Å². The number of nitrogens with one attached hydrogen (secondary N) is 2. The first kappa shape index (κ1) is 26.8. The summed E-state index contributed by atoms with van der Waals surface area (Å²) in [4.78, 5) is 49.6. The number of carbonyl (C=O) groups is 2. The van der Waals surface area contributed by atoms with E-state index in [-0.39, 0.29) is 23.0 Å². The van der Waals surface area contributed by atoms with Crippen LogP contribution in [0, 0.1) is 0 Å². The van der Waals surface area contributed by atoms with Gasteiger partial charge in [-0.3, -0.25) is 19.8 Å². The van der Waals surface area contributed by atoms with Gasteiger partial charge in [-0.2, -0.15) is 0 Å². The van der Waals surface area contributed by atoms with Crippen LogP contribution in [0.3, 0.4) is 0 Å². The zero-order chi connectivity index (χ0) is 26.7. The first-order valence-electron chi connectivity index (χ1n) is 12.0. The molecule has 4 heterocycles. The van der Waals surface area contributed by atoms with Gasteiger partial charge in [-0.1, -0.05) is 32.4 Å². The number of hydrogen-bond donors (Lipinski definition) is 3. The first-order valence-corrected chi connectivity index (χ1v) is 13.1. The minimum Gasteiger partial charge on any atom is -0.383 e. The van der Waals surface area contributed by atoms with Crippen LogP contribution in [0.4, 0.5) is 11.8 Å². The molecule has 1 fully saturated rings. The van der Waals surface area contributed by atoms with E-state index in [2.05, 4.69) is 40.5 Å². The van der Waals surface area contributed by atoms with Crippen molar-refractivity contribution in [3.8, 4) is 0 Å². The molecule has 0 bridgehead atoms. The molecule has 1 unspecified atom stereocenters. The van der Waals surface area contributed by atoms with Crippen molar-refractivity contribution < 1.29 is 9.59 Å². The molecule has 13 heteroatoms. The summed E-state index contributed by atoms with van der Waals surface area (Å²) in [6, 6.07) is -0.464. The van der Waals surface area contributed by atoms with Crippen molar-refractivity contribution in [3.63, 3.8) is 0 Å². The molecule has 0 spiro atoms. The number of nitrogens with zero attached hydrogens (tertiary/aromatic N) is 6. The molecule has 2 amide bonds. The van der Waals surface area contributed by atoms with E-state index in [9.17, 15) is 9.59 Å². The van der Waals surface area contributed by atoms with E-state index >= 15 is 0 Å². The summed E-state index contributed by atoms with van der Waals surface area (Å²) >= 11 is 7.39. The number of anilines is 2. The normalized spacial score (nSPS) is 14.9. The van der Waals surface area contributed by atoms with E-state index in [4.69, 9.17) is 17.3 Å². The maximum Gasteiger partial charge on any atom is 0.270 e. The van der Waals surface area contributed by atoms with Gasteiger partial charge in [0, 0.05) is 17.5 Å². The number of nitrogen functional groups attached to an aromatic ring is 1. The molecule has 37 heavy (non-hydrogen) atoms. The van der Waals surface area contributed by atoms with Crippen molar-refractivity contribution in [3.05, 3.63) is 50.6 Å². The van der Waals surface area contributed by atoms with Gasteiger partial charge in [0.1, 0.15) is 27.7 Å². The maximum absolute atomic E-state index is 13.1. The van der Waals surface area contributed by atoms with Crippen LogP contribution in [0.15, 0.2) is 18.7 Å². The fourth-order valence-electron chi connectivity index (χ4n) is 3.98. The number of halogens is 1. The molecule has 196 valence electrons. The van der Waals surface area contributed by atoms with Crippen molar-refractivity contribution in [2.75, 3.05) is 24.1 Å². The summed E-state index contributed by atoms with van der Waals surface area (Å²) < 4.78 is 0. The molecule has 3 aromatic rings. The van der Waals surface area contributed by atoms with Crippen LogP contribution in [0.2, 0.25) is 5.02 Å². The predicted molar refractivity (Wildman–Crippen MR) is 143 cm³/mol. The molecule has 0 aliphatic carbocycles. The van der Waals surface area contributed by atoms with Crippen LogP contribution < -0.4 is 16.4 Å². The van der Waals surface area contributed by atoms with Crippen molar-refractivity contribution >= 4 is 46.5 Å². The zero-order valence-corrected chi connectivity index (χ0v) is 22.8. The highest BCUT2D eigenvalue weighted by Crippen LogP contribution is 2.28. The van der Waals surface area contributed by atoms with E-state index in [0.717, 1.165) is 25.9 Å². The number of nitrogens with two attached hydrogens (primary N) is 1. The van der Waals surface area contributed by atoms with E-state index in [0.29, 0.717) is 38.5 Å². The molecule has 1 saturated heterocycles. The number of amides is 2. The van der Waals surface area contributed by atoms with Gasteiger partial charge in [0.25, 0.3) is 11.8 Å². The Morgan fingerprint density at radius 2 is 1.86 bits per heavy atom. The SMILES string of the molecule is CC(NC(=O)c1ncnc(N)c1CN1CCCC1)c1ncc(C(=O)Nc2ncc(Cl)c(C(C)(C)C)n2)s1. The minimum atomic E-state index is -0.464. The lowest BCUT2D eigenvalue weighted by molar-refractivity contribution is 0.0932. The average molecular weight is 544 g/mol. The van der Waals surface area contributed by atoms with Crippen LogP contribution >= 0.6 is 22.9 Å². The lowest BCUT2D eigenvalue weighted by Crippen LogP contribution is -2.30. The van der Waals surface area contributed by atoms with Crippen LogP contribution in [-0.4, -0.2) is 54.7 Å². The number of carbonyl (C=O) groups excluding carboxylic acids is 2. The molecule has 1 aliphatic rings. The lowest BCUT2D eigenvalue weighted by Gasteiger charge is -2.19. The average Bonchev–Trinajstić information content (AvgIpc) is 3.53. The van der Waals surface area contributed by atoms with Crippen LogP contribution in [0.5, 0.6) is 0 Å². The topological polar surface area (TPSA) is 152 Å². The summed E-state index contributed by atoms with van der Waals surface area (Å²) in [7, 11) is 0. The molecule has 11 nitrogen and oxygen atoms in total. The van der Waals surface area contributed by atoms with Gasteiger partial charge in [-0.05, 0) is 32.9 Å². The fraction of sp³-hybridized carbons (Fsp3) is 0.458. The monoisotopic (exact) mass is 543 g/mol. The standard InChI is InChI=1S/C24H30ClN9O2S/c1-13(31-21(36)17-14(19(26)30-12-29-17)11-34-7-5-6-8-34)22-27-10-16(37-22)20(35)33-23-28-9-15(25)18(32-23)24(2,3)4/h9-10,12-13H,5-8,11H2,1-4H3,(H,31,36)(H2,26,29,30)(H,28,32,33,35). The Bertz CT molecular complexity index is 1300. The molecule has 1 aliphatic heterocycles. The fourth-order valence-corrected chi connectivity index (χ4v) is 5.17. The van der Waals surface area contributed by atoms with Gasteiger partial charge < -0.3 is 11.1 Å². The maximum atomic E-state index is 13.1. The second kappa shape index (κ2) is 11.0. The first-order chi connectivity index (χ1) is 17.5. The predicted octanol–water partition coefficient (Wildman–Crippen LogP) is 3.60. The smallest absolute Gasteiger partial charge is 0.270 e. The van der Waals surface area contributed by atoms with E-state index in [1.54, 1.807) is 6.92 Å². The highest BCUT2D eigenvalue weighted by atomic mass is 35.5. The largest absolute Gasteiger partial charge is 0.383 e. The third-order valence-electron chi connectivity index (χ3n) is 5.92. The number of likely N-dealkylation sites (tertiary alicyclic amines) is 1. The summed E-state index contributed by atoms with van der Waals surface area (Å²) in [5.41, 5.74) is 7.28. The van der Waals surface area contributed by atoms with Crippen molar-refractivity contribution in [1.29, 1.82) is 0 Å². The Kier molecular flexibility index (Phi) is 8.00. The van der Waals surface area contributed by atoms with Crippen molar-refractivity contribution in [1.82, 2.24) is 35.1 Å². The van der Waals surface area contributed by atoms with E-state index in [1.165, 1.54) is 30.1 Å². The third kappa shape index (κ3) is 6.38. The second-order valence-corrected chi connectivity index (χ2v) is 11.4. The quantitative estimate of drug-likeness (QED) is 0.405. The minimum absolute atomic E-state index is 0.155. The molecule has 0 radical (unpaired) electrons. The van der Waals surface area contributed by atoms with E-state index < -0.39 is 11.9 Å². The molecule has 0 aromatic carbocycles. The molecule has 0 saturated carbocycles. The number of aromatic nitrogens is 5. The molecule has 3 aromatic heterocycles. The van der Waals surface area contributed by atoms with Crippen LogP contribution in [0.25, 0.3) is 0 Å². The summed E-state index contributed by atoms with van der Waals surface area (Å²) in [6.45, 7) is 10.1. The Hall–Kier alpha value is -3.22. The van der Waals surface area contributed by atoms with Gasteiger partial charge in [0.15, 0.2) is 0 Å². The van der Waals surface area contributed by atoms with Crippen molar-refractivity contribution in [2.24, 2.45) is 0 Å². The van der Waals surface area contributed by atoms with E-state index in [1.807, 2.05) is 20.8 Å². The highest BCUT2D eigenvalue weighted by molar-refractivity contribution is 7.13. The van der Waals surface area contributed by atoms with Gasteiger partial charge in [-0.25, -0.2) is 24.9 Å². The summed E-state index contributed by atoms with van der Waals surface area (Å²) in [6.07, 6.45) is 6.46. The highest BCUT2D eigenvalue weighted by Gasteiger charge is 2.24. The van der Waals surface area contributed by atoms with Crippen LogP contribution in [0.1, 0.15) is 83.0 Å². The summed E-state index contributed by atoms with van der Waals surface area (Å²) in [5, 5.41) is 6.60. The number of rotatable bonds is 7. The molecule has 1 atom stereocenters. The Labute approximate surface area is 224 Å². The number of thiazole rings is 1. The Morgan fingerprint density at radius 3 is 2.57 bits per heavy atom. The number of hydrogen-bond acceptors (Lipinski definition) is 10. The second-order valence-electron chi connectivity index (χ2n) is 9.92. The Balaban J connectivity index is 1.44. The van der Waals surface area contributed by atoms with Crippen LogP contribution in [-0.2, 0) is 12.0 Å². The molecule has 4 N–H and O–H groups in total. The Morgan fingerprint density at radius 1 is 1.14 bits per heavy atom. The summed E-state index contributed by atoms with van der Waals surface area (Å²) in [5.74, 6) is -0.323. The molecular formula is C24H30ClN9O2S. The van der Waals surface area contributed by atoms with Gasteiger partial charge in [0.05, 0.1) is 29.2 Å². The molecule has 4 rings (SSSR count). The third-order valence-corrected chi connectivity index (χ3v) is 7.37. The van der Waals surface area contributed by atoms with Gasteiger partial charge in [-0.15, -0.1) is 11.3 Å². The zero-order valence-electron chi connectivity index (χ0n) is 21.2.